The van der Waals surface area contributed by atoms with Crippen LogP contribution in [0.2, 0.25) is 5.02 Å². The van der Waals surface area contributed by atoms with Crippen LogP contribution in [0, 0.1) is 0 Å². The molecule has 0 spiro atoms. The maximum atomic E-state index is 12.1. The Bertz CT molecular complexity index is 794. The highest BCUT2D eigenvalue weighted by atomic mass is 35.5. The maximum absolute atomic E-state index is 12.1. The largest absolute Gasteiger partial charge is 0.497 e. The number of carbonyl (C=O) groups excluding carboxylic acids is 1. The van der Waals surface area contributed by atoms with Crippen molar-refractivity contribution >= 4 is 17.5 Å². The summed E-state index contributed by atoms with van der Waals surface area (Å²) in [5.41, 5.74) is 0.872. The summed E-state index contributed by atoms with van der Waals surface area (Å²) in [6, 6.07) is 11.0. The van der Waals surface area contributed by atoms with E-state index in [4.69, 9.17) is 30.5 Å². The molecule has 0 saturated heterocycles. The molecule has 0 fully saturated rings. The number of hydrogen-bond donors (Lipinski definition) is 1. The molecule has 1 aliphatic heterocycles. The zero-order chi connectivity index (χ0) is 19.8. The van der Waals surface area contributed by atoms with Gasteiger partial charge < -0.3 is 24.3 Å². The number of amides is 1. The normalized spacial score (nSPS) is 12.8. The van der Waals surface area contributed by atoms with Crippen molar-refractivity contribution in [2.45, 2.75) is 25.8 Å². The molecule has 28 heavy (non-hydrogen) atoms. The van der Waals surface area contributed by atoms with Gasteiger partial charge in [-0.25, -0.2) is 0 Å². The standard InChI is InChI=1S/C21H24ClNO5/c1-25-16-5-7-17(8-6-16)26-9-2-4-20(24)23-14-15-12-18(22)21-19(13-15)27-10-3-11-28-21/h5-8,12-13H,2-4,9-11,14H2,1H3,(H,23,24). The van der Waals surface area contributed by atoms with Gasteiger partial charge in [-0.15, -0.1) is 0 Å². The van der Waals surface area contributed by atoms with E-state index in [1.165, 1.54) is 0 Å². The second-order valence-electron chi connectivity index (χ2n) is 6.36. The summed E-state index contributed by atoms with van der Waals surface area (Å²) in [6.45, 7) is 2.03. The van der Waals surface area contributed by atoms with E-state index in [1.54, 1.807) is 13.2 Å². The molecule has 1 amide bonds. The molecule has 2 aromatic rings. The van der Waals surface area contributed by atoms with Crippen molar-refractivity contribution in [1.82, 2.24) is 5.32 Å². The van der Waals surface area contributed by atoms with Crippen LogP contribution in [-0.4, -0.2) is 32.8 Å². The van der Waals surface area contributed by atoms with Crippen LogP contribution >= 0.6 is 11.6 Å². The summed E-state index contributed by atoms with van der Waals surface area (Å²) in [5, 5.41) is 3.39. The quantitative estimate of drug-likeness (QED) is 0.673. The predicted molar refractivity (Wildman–Crippen MR) is 107 cm³/mol. The Labute approximate surface area is 169 Å². The minimum atomic E-state index is -0.0402. The van der Waals surface area contributed by atoms with Gasteiger partial charge in [-0.1, -0.05) is 11.6 Å². The van der Waals surface area contributed by atoms with Crippen LogP contribution in [0.4, 0.5) is 0 Å². The van der Waals surface area contributed by atoms with Crippen molar-refractivity contribution in [3.8, 4) is 23.0 Å². The van der Waals surface area contributed by atoms with Gasteiger partial charge in [-0.2, -0.15) is 0 Å². The molecule has 0 unspecified atom stereocenters. The van der Waals surface area contributed by atoms with Crippen LogP contribution in [0.25, 0.3) is 0 Å². The summed E-state index contributed by atoms with van der Waals surface area (Å²) in [6.07, 6.45) is 1.82. The lowest BCUT2D eigenvalue weighted by Crippen LogP contribution is -2.23. The average molecular weight is 406 g/mol. The van der Waals surface area contributed by atoms with Crippen molar-refractivity contribution in [3.63, 3.8) is 0 Å². The maximum Gasteiger partial charge on any atom is 0.220 e. The van der Waals surface area contributed by atoms with Gasteiger partial charge >= 0.3 is 0 Å². The lowest BCUT2D eigenvalue weighted by atomic mass is 10.2. The molecule has 7 heteroatoms. The summed E-state index contributed by atoms with van der Waals surface area (Å²) in [4.78, 5) is 12.1. The topological polar surface area (TPSA) is 66.0 Å². The van der Waals surface area contributed by atoms with E-state index >= 15 is 0 Å². The van der Waals surface area contributed by atoms with Gasteiger partial charge in [0.25, 0.3) is 0 Å². The Kier molecular flexibility index (Phi) is 7.25. The van der Waals surface area contributed by atoms with E-state index < -0.39 is 0 Å². The zero-order valence-electron chi connectivity index (χ0n) is 15.8. The minimum Gasteiger partial charge on any atom is -0.497 e. The molecular weight excluding hydrogens is 382 g/mol. The third-order valence-electron chi connectivity index (χ3n) is 4.23. The summed E-state index contributed by atoms with van der Waals surface area (Å²) < 4.78 is 22.0. The third kappa shape index (κ3) is 5.70. The molecule has 150 valence electrons. The Morgan fingerprint density at radius 1 is 1.14 bits per heavy atom. The van der Waals surface area contributed by atoms with Crippen molar-refractivity contribution in [2.24, 2.45) is 0 Å². The molecule has 0 atom stereocenters. The van der Waals surface area contributed by atoms with Crippen molar-refractivity contribution in [3.05, 3.63) is 47.0 Å². The van der Waals surface area contributed by atoms with Crippen molar-refractivity contribution < 1.29 is 23.7 Å². The molecular formula is C21H24ClNO5. The van der Waals surface area contributed by atoms with Crippen LogP contribution in [0.1, 0.15) is 24.8 Å². The molecule has 6 nitrogen and oxygen atoms in total. The Morgan fingerprint density at radius 2 is 1.89 bits per heavy atom. The number of nitrogens with one attached hydrogen (secondary N) is 1. The van der Waals surface area contributed by atoms with E-state index in [0.717, 1.165) is 23.5 Å². The summed E-state index contributed by atoms with van der Waals surface area (Å²) in [5.74, 6) is 2.69. The second kappa shape index (κ2) is 10.1. The van der Waals surface area contributed by atoms with Crippen molar-refractivity contribution in [2.75, 3.05) is 26.9 Å². The first kappa shape index (κ1) is 20.1. The fourth-order valence-corrected chi connectivity index (χ4v) is 3.06. The van der Waals surface area contributed by atoms with Gasteiger partial charge in [0.2, 0.25) is 5.91 Å². The average Bonchev–Trinajstić information content (AvgIpc) is 2.96. The van der Waals surface area contributed by atoms with Gasteiger partial charge in [-0.05, 0) is 48.4 Å². The van der Waals surface area contributed by atoms with E-state index in [-0.39, 0.29) is 5.91 Å². The Morgan fingerprint density at radius 3 is 2.68 bits per heavy atom. The number of hydrogen-bond acceptors (Lipinski definition) is 5. The highest BCUT2D eigenvalue weighted by Crippen LogP contribution is 2.37. The summed E-state index contributed by atoms with van der Waals surface area (Å²) in [7, 11) is 1.62. The number of methoxy groups -OCH3 is 1. The molecule has 1 aliphatic rings. The zero-order valence-corrected chi connectivity index (χ0v) is 16.6. The van der Waals surface area contributed by atoms with Crippen LogP contribution in [0.15, 0.2) is 36.4 Å². The van der Waals surface area contributed by atoms with E-state index in [1.807, 2.05) is 30.3 Å². The predicted octanol–water partition coefficient (Wildman–Crippen LogP) is 3.99. The number of halogens is 1. The van der Waals surface area contributed by atoms with E-state index in [0.29, 0.717) is 55.7 Å². The van der Waals surface area contributed by atoms with Gasteiger partial charge in [0.15, 0.2) is 11.5 Å². The highest BCUT2D eigenvalue weighted by molar-refractivity contribution is 6.32. The van der Waals surface area contributed by atoms with Crippen LogP contribution in [0.5, 0.6) is 23.0 Å². The van der Waals surface area contributed by atoms with E-state index in [9.17, 15) is 4.79 Å². The number of benzene rings is 2. The molecule has 0 bridgehead atoms. The number of fused-ring (bicyclic) bond motifs is 1. The Hall–Kier alpha value is -2.60. The van der Waals surface area contributed by atoms with Gasteiger partial charge in [0.1, 0.15) is 11.5 Å². The molecule has 1 heterocycles. The number of rotatable bonds is 8. The monoisotopic (exact) mass is 405 g/mol. The van der Waals surface area contributed by atoms with Gasteiger partial charge in [-0.3, -0.25) is 4.79 Å². The second-order valence-corrected chi connectivity index (χ2v) is 6.77. The fraction of sp³-hybridized carbons (Fsp3) is 0.381. The molecule has 2 aromatic carbocycles. The lowest BCUT2D eigenvalue weighted by Gasteiger charge is -2.12. The fourth-order valence-electron chi connectivity index (χ4n) is 2.77. The number of carbonyl (C=O) groups is 1. The van der Waals surface area contributed by atoms with Gasteiger partial charge in [0, 0.05) is 19.4 Å². The molecule has 0 aromatic heterocycles. The van der Waals surface area contributed by atoms with Crippen LogP contribution in [-0.2, 0) is 11.3 Å². The SMILES string of the molecule is COc1ccc(OCCCC(=O)NCc2cc(Cl)c3c(c2)OCCCO3)cc1. The van der Waals surface area contributed by atoms with E-state index in [2.05, 4.69) is 5.32 Å². The third-order valence-corrected chi connectivity index (χ3v) is 4.51. The molecule has 0 saturated carbocycles. The first-order chi connectivity index (χ1) is 13.7. The molecule has 0 aliphatic carbocycles. The lowest BCUT2D eigenvalue weighted by molar-refractivity contribution is -0.121. The molecule has 3 rings (SSSR count). The Balaban J connectivity index is 1.40. The van der Waals surface area contributed by atoms with Gasteiger partial charge in [0.05, 0.1) is 32.0 Å². The minimum absolute atomic E-state index is 0.0402. The van der Waals surface area contributed by atoms with Crippen LogP contribution in [0.3, 0.4) is 0 Å². The van der Waals surface area contributed by atoms with Crippen molar-refractivity contribution in [1.29, 1.82) is 0 Å². The van der Waals surface area contributed by atoms with Crippen LogP contribution < -0.4 is 24.3 Å². The first-order valence-corrected chi connectivity index (χ1v) is 9.65. The molecule has 0 radical (unpaired) electrons. The smallest absolute Gasteiger partial charge is 0.220 e. The first-order valence-electron chi connectivity index (χ1n) is 9.27. The molecule has 1 N–H and O–H groups in total. The summed E-state index contributed by atoms with van der Waals surface area (Å²) >= 11 is 6.27. The highest BCUT2D eigenvalue weighted by Gasteiger charge is 2.15. The number of ether oxygens (including phenoxy) is 4.